The van der Waals surface area contributed by atoms with Gasteiger partial charge in [-0.3, -0.25) is 0 Å². The minimum atomic E-state index is -0.369. The summed E-state index contributed by atoms with van der Waals surface area (Å²) in [6, 6.07) is 0. The first-order valence-electron chi connectivity index (χ1n) is 6.71. The van der Waals surface area contributed by atoms with E-state index in [1.165, 1.54) is 12.8 Å². The van der Waals surface area contributed by atoms with Crippen molar-refractivity contribution in [2.75, 3.05) is 26.3 Å². The summed E-state index contributed by atoms with van der Waals surface area (Å²) in [7, 11) is 0. The highest BCUT2D eigenvalue weighted by molar-refractivity contribution is 4.62. The monoisotopic (exact) mass is 231 g/mol. The fraction of sp³-hybridized carbons (Fsp3) is 1.00. The van der Waals surface area contributed by atoms with E-state index in [0.29, 0.717) is 13.2 Å². The lowest BCUT2D eigenvalue weighted by molar-refractivity contribution is 0.0355. The summed E-state index contributed by atoms with van der Waals surface area (Å²) in [6.45, 7) is 9.41. The van der Waals surface area contributed by atoms with Crippen LogP contribution < -0.4 is 5.32 Å². The van der Waals surface area contributed by atoms with Crippen LogP contribution in [0.2, 0.25) is 0 Å². The molecule has 0 aliphatic rings. The molecule has 3 heteroatoms. The minimum absolute atomic E-state index is 0.369. The van der Waals surface area contributed by atoms with Crippen molar-refractivity contribution in [3.8, 4) is 0 Å². The maximum absolute atomic E-state index is 9.62. The number of ether oxygens (including phenoxy) is 1. The zero-order chi connectivity index (χ0) is 12.2. The van der Waals surface area contributed by atoms with Gasteiger partial charge in [0.1, 0.15) is 0 Å². The van der Waals surface area contributed by atoms with Crippen molar-refractivity contribution < 1.29 is 9.84 Å². The topological polar surface area (TPSA) is 41.5 Å². The highest BCUT2D eigenvalue weighted by Gasteiger charge is 2.06. The van der Waals surface area contributed by atoms with Crippen LogP contribution in [-0.4, -0.2) is 37.5 Å². The summed E-state index contributed by atoms with van der Waals surface area (Å²) >= 11 is 0. The molecule has 0 amide bonds. The van der Waals surface area contributed by atoms with Gasteiger partial charge in [0.25, 0.3) is 0 Å². The molecule has 1 atom stereocenters. The molecule has 0 spiro atoms. The van der Waals surface area contributed by atoms with Crippen LogP contribution in [0.25, 0.3) is 0 Å². The van der Waals surface area contributed by atoms with E-state index in [4.69, 9.17) is 4.74 Å². The molecule has 0 aromatic carbocycles. The lowest BCUT2D eigenvalue weighted by atomic mass is 10.0. The van der Waals surface area contributed by atoms with Crippen molar-refractivity contribution in [3.05, 3.63) is 0 Å². The quantitative estimate of drug-likeness (QED) is 0.536. The van der Waals surface area contributed by atoms with Crippen molar-refractivity contribution in [2.45, 2.75) is 52.6 Å². The third-order valence-electron chi connectivity index (χ3n) is 2.92. The van der Waals surface area contributed by atoms with E-state index in [1.807, 2.05) is 0 Å². The first kappa shape index (κ1) is 15.9. The molecule has 0 aromatic heterocycles. The maximum atomic E-state index is 9.62. The summed E-state index contributed by atoms with van der Waals surface area (Å²) in [5.74, 6) is 0.730. The standard InChI is InChI=1S/C13H29NO2/c1-4-7-8-16-11-13(15)10-14-9-12(5-2)6-3/h12-15H,4-11H2,1-3H3. The second kappa shape index (κ2) is 11.4. The Hall–Kier alpha value is -0.120. The Kier molecular flexibility index (Phi) is 11.3. The van der Waals surface area contributed by atoms with Crippen molar-refractivity contribution >= 4 is 0 Å². The Morgan fingerprint density at radius 1 is 1.12 bits per heavy atom. The van der Waals surface area contributed by atoms with Gasteiger partial charge in [-0.15, -0.1) is 0 Å². The van der Waals surface area contributed by atoms with Crippen molar-refractivity contribution in [1.82, 2.24) is 5.32 Å². The molecule has 98 valence electrons. The van der Waals surface area contributed by atoms with E-state index in [2.05, 4.69) is 26.1 Å². The number of aliphatic hydroxyl groups is 1. The van der Waals surface area contributed by atoms with Gasteiger partial charge in [-0.1, -0.05) is 40.0 Å². The molecule has 0 aliphatic heterocycles. The van der Waals surface area contributed by atoms with Crippen LogP contribution in [0.15, 0.2) is 0 Å². The fourth-order valence-electron chi connectivity index (χ4n) is 1.56. The Balaban J connectivity index is 3.32. The molecule has 0 bridgehead atoms. The molecule has 0 heterocycles. The van der Waals surface area contributed by atoms with Gasteiger partial charge >= 0.3 is 0 Å². The third kappa shape index (κ3) is 9.13. The third-order valence-corrected chi connectivity index (χ3v) is 2.92. The van der Waals surface area contributed by atoms with E-state index in [1.54, 1.807) is 0 Å². The van der Waals surface area contributed by atoms with Crippen molar-refractivity contribution in [3.63, 3.8) is 0 Å². The molecule has 1 unspecified atom stereocenters. The minimum Gasteiger partial charge on any atom is -0.389 e. The Labute approximate surface area is 101 Å². The Morgan fingerprint density at radius 3 is 2.38 bits per heavy atom. The normalized spacial score (nSPS) is 13.3. The van der Waals surface area contributed by atoms with Gasteiger partial charge in [0.2, 0.25) is 0 Å². The second-order valence-corrected chi connectivity index (χ2v) is 4.42. The van der Waals surface area contributed by atoms with Crippen LogP contribution >= 0.6 is 0 Å². The summed E-state index contributed by atoms with van der Waals surface area (Å²) in [4.78, 5) is 0. The van der Waals surface area contributed by atoms with Crippen molar-refractivity contribution in [1.29, 1.82) is 0 Å². The van der Waals surface area contributed by atoms with Gasteiger partial charge in [-0.05, 0) is 18.9 Å². The van der Waals surface area contributed by atoms with Crippen molar-refractivity contribution in [2.24, 2.45) is 5.92 Å². The van der Waals surface area contributed by atoms with Crippen LogP contribution in [0, 0.1) is 5.92 Å². The molecule has 3 nitrogen and oxygen atoms in total. The zero-order valence-corrected chi connectivity index (χ0v) is 11.2. The summed E-state index contributed by atoms with van der Waals surface area (Å²) in [6.07, 6.45) is 4.25. The molecular weight excluding hydrogens is 202 g/mol. The van der Waals surface area contributed by atoms with Gasteiger partial charge in [0.15, 0.2) is 0 Å². The Morgan fingerprint density at radius 2 is 1.81 bits per heavy atom. The maximum Gasteiger partial charge on any atom is 0.0897 e. The largest absolute Gasteiger partial charge is 0.389 e. The lowest BCUT2D eigenvalue weighted by Crippen LogP contribution is -2.33. The molecule has 2 N–H and O–H groups in total. The van der Waals surface area contributed by atoms with Crippen LogP contribution in [0.1, 0.15) is 46.5 Å². The molecule has 0 saturated heterocycles. The smallest absolute Gasteiger partial charge is 0.0897 e. The number of hydrogen-bond acceptors (Lipinski definition) is 3. The van der Waals surface area contributed by atoms with Gasteiger partial charge in [-0.2, -0.15) is 0 Å². The van der Waals surface area contributed by atoms with Gasteiger partial charge in [-0.25, -0.2) is 0 Å². The van der Waals surface area contributed by atoms with E-state index in [-0.39, 0.29) is 6.10 Å². The van der Waals surface area contributed by atoms with Crippen LogP contribution in [0.4, 0.5) is 0 Å². The molecule has 0 rings (SSSR count). The highest BCUT2D eigenvalue weighted by Crippen LogP contribution is 2.04. The van der Waals surface area contributed by atoms with E-state index in [0.717, 1.165) is 31.9 Å². The molecule has 0 fully saturated rings. The Bertz CT molecular complexity index is 138. The summed E-state index contributed by atoms with van der Waals surface area (Å²) in [5.41, 5.74) is 0. The predicted molar refractivity (Wildman–Crippen MR) is 68.7 cm³/mol. The highest BCUT2D eigenvalue weighted by atomic mass is 16.5. The summed E-state index contributed by atoms with van der Waals surface area (Å²) < 4.78 is 5.36. The first-order chi connectivity index (χ1) is 7.74. The number of rotatable bonds is 11. The average Bonchev–Trinajstić information content (AvgIpc) is 2.30. The lowest BCUT2D eigenvalue weighted by Gasteiger charge is -2.16. The van der Waals surface area contributed by atoms with Crippen LogP contribution in [0.5, 0.6) is 0 Å². The molecule has 0 saturated carbocycles. The van der Waals surface area contributed by atoms with E-state index < -0.39 is 0 Å². The van der Waals surface area contributed by atoms with E-state index in [9.17, 15) is 5.11 Å². The number of unbranched alkanes of at least 4 members (excludes halogenated alkanes) is 1. The average molecular weight is 231 g/mol. The molecule has 0 radical (unpaired) electrons. The SMILES string of the molecule is CCCCOCC(O)CNCC(CC)CC. The number of hydrogen-bond donors (Lipinski definition) is 2. The predicted octanol–water partition coefficient (Wildman–Crippen LogP) is 2.19. The first-order valence-corrected chi connectivity index (χ1v) is 6.71. The number of nitrogens with one attached hydrogen (secondary N) is 1. The van der Waals surface area contributed by atoms with Gasteiger partial charge in [0, 0.05) is 13.2 Å². The fourth-order valence-corrected chi connectivity index (χ4v) is 1.56. The molecule has 0 aromatic rings. The van der Waals surface area contributed by atoms with Crippen LogP contribution in [0.3, 0.4) is 0 Å². The number of aliphatic hydroxyl groups excluding tert-OH is 1. The van der Waals surface area contributed by atoms with E-state index >= 15 is 0 Å². The molecular formula is C13H29NO2. The van der Waals surface area contributed by atoms with Gasteiger partial charge in [0.05, 0.1) is 12.7 Å². The van der Waals surface area contributed by atoms with Gasteiger partial charge < -0.3 is 15.2 Å². The molecule has 0 aliphatic carbocycles. The summed E-state index contributed by atoms with van der Waals surface area (Å²) in [5, 5.41) is 12.9. The second-order valence-electron chi connectivity index (χ2n) is 4.42. The zero-order valence-electron chi connectivity index (χ0n) is 11.2. The van der Waals surface area contributed by atoms with Crippen LogP contribution in [-0.2, 0) is 4.74 Å². The molecule has 16 heavy (non-hydrogen) atoms.